The summed E-state index contributed by atoms with van der Waals surface area (Å²) in [7, 11) is -3.54. The van der Waals surface area contributed by atoms with Crippen LogP contribution in [0, 0.1) is 11.3 Å². The fraction of sp³-hybridized carbons (Fsp3) is 0.364. The first kappa shape index (κ1) is 13.6. The van der Waals surface area contributed by atoms with Gasteiger partial charge in [-0.3, -0.25) is 0 Å². The Hall–Kier alpha value is -1.42. The zero-order valence-corrected chi connectivity index (χ0v) is 10.4. The fourth-order valence-corrected chi connectivity index (χ4v) is 2.98. The van der Waals surface area contributed by atoms with E-state index in [9.17, 15) is 8.42 Å². The van der Waals surface area contributed by atoms with Crippen molar-refractivity contribution in [1.82, 2.24) is 4.31 Å². The molecule has 0 radical (unpaired) electrons. The summed E-state index contributed by atoms with van der Waals surface area (Å²) < 4.78 is 25.7. The highest BCUT2D eigenvalue weighted by molar-refractivity contribution is 7.89. The maximum atomic E-state index is 12.2. The number of benzene rings is 1. The summed E-state index contributed by atoms with van der Waals surface area (Å²) in [5.41, 5.74) is 5.71. The summed E-state index contributed by atoms with van der Waals surface area (Å²) in [6.07, 6.45) is 0. The third-order valence-electron chi connectivity index (χ3n) is 2.33. The Kier molecular flexibility index (Phi) is 4.63. The third-order valence-corrected chi connectivity index (χ3v) is 4.30. The molecule has 0 spiro atoms. The van der Waals surface area contributed by atoms with Crippen molar-refractivity contribution in [3.63, 3.8) is 0 Å². The summed E-state index contributed by atoms with van der Waals surface area (Å²) in [6.45, 7) is 2.65. The standard InChI is InChI=1S/C11H15N3O2S/c1-2-14(7-6-12)17(15,16)11-5-3-4-10(8-11)9-13/h3-5,8H,2,6-7,12H2,1H3. The molecule has 0 aromatic heterocycles. The minimum Gasteiger partial charge on any atom is -0.329 e. The maximum absolute atomic E-state index is 12.2. The molecular formula is C11H15N3O2S. The molecule has 0 fully saturated rings. The van der Waals surface area contributed by atoms with Crippen LogP contribution in [0.5, 0.6) is 0 Å². The van der Waals surface area contributed by atoms with Crippen molar-refractivity contribution in [2.24, 2.45) is 5.73 Å². The van der Waals surface area contributed by atoms with Crippen LogP contribution in [0.25, 0.3) is 0 Å². The van der Waals surface area contributed by atoms with Gasteiger partial charge in [0, 0.05) is 19.6 Å². The van der Waals surface area contributed by atoms with Gasteiger partial charge < -0.3 is 5.73 Å². The molecule has 0 bridgehead atoms. The van der Waals surface area contributed by atoms with Crippen molar-refractivity contribution in [3.05, 3.63) is 29.8 Å². The van der Waals surface area contributed by atoms with E-state index >= 15 is 0 Å². The average Bonchev–Trinajstić information content (AvgIpc) is 2.35. The number of nitriles is 1. The molecule has 92 valence electrons. The summed E-state index contributed by atoms with van der Waals surface area (Å²) in [5, 5.41) is 8.75. The van der Waals surface area contributed by atoms with E-state index < -0.39 is 10.0 Å². The first-order valence-electron chi connectivity index (χ1n) is 5.26. The number of likely N-dealkylation sites (N-methyl/N-ethyl adjacent to an activating group) is 1. The average molecular weight is 253 g/mol. The highest BCUT2D eigenvalue weighted by atomic mass is 32.2. The van der Waals surface area contributed by atoms with Gasteiger partial charge in [0.15, 0.2) is 0 Å². The molecule has 1 aromatic carbocycles. The van der Waals surface area contributed by atoms with Crippen LogP contribution in [0.2, 0.25) is 0 Å². The van der Waals surface area contributed by atoms with Gasteiger partial charge in [-0.2, -0.15) is 9.57 Å². The number of sulfonamides is 1. The molecule has 5 nitrogen and oxygen atoms in total. The van der Waals surface area contributed by atoms with Crippen LogP contribution in [0.4, 0.5) is 0 Å². The van der Waals surface area contributed by atoms with E-state index in [1.54, 1.807) is 19.1 Å². The lowest BCUT2D eigenvalue weighted by Crippen LogP contribution is -2.35. The largest absolute Gasteiger partial charge is 0.329 e. The Morgan fingerprint density at radius 2 is 2.18 bits per heavy atom. The Labute approximate surface area is 102 Å². The van der Waals surface area contributed by atoms with E-state index in [4.69, 9.17) is 11.0 Å². The van der Waals surface area contributed by atoms with Crippen molar-refractivity contribution in [2.45, 2.75) is 11.8 Å². The first-order valence-corrected chi connectivity index (χ1v) is 6.70. The normalized spacial score (nSPS) is 11.4. The lowest BCUT2D eigenvalue weighted by Gasteiger charge is -2.19. The molecule has 0 saturated heterocycles. The zero-order valence-electron chi connectivity index (χ0n) is 9.63. The number of rotatable bonds is 5. The minimum atomic E-state index is -3.54. The smallest absolute Gasteiger partial charge is 0.243 e. The van der Waals surface area contributed by atoms with E-state index in [-0.39, 0.29) is 18.0 Å². The van der Waals surface area contributed by atoms with Gasteiger partial charge in [0.25, 0.3) is 0 Å². The molecule has 1 rings (SSSR count). The molecule has 0 aliphatic rings. The zero-order chi connectivity index (χ0) is 12.9. The van der Waals surface area contributed by atoms with E-state index in [1.807, 2.05) is 6.07 Å². The van der Waals surface area contributed by atoms with Crippen molar-refractivity contribution in [2.75, 3.05) is 19.6 Å². The van der Waals surface area contributed by atoms with Gasteiger partial charge in [-0.05, 0) is 18.2 Å². The van der Waals surface area contributed by atoms with Crippen molar-refractivity contribution in [3.8, 4) is 6.07 Å². The SMILES string of the molecule is CCN(CCN)S(=O)(=O)c1cccc(C#N)c1. The number of hydrogen-bond acceptors (Lipinski definition) is 4. The van der Waals surface area contributed by atoms with Crippen LogP contribution in [0.15, 0.2) is 29.2 Å². The highest BCUT2D eigenvalue weighted by Crippen LogP contribution is 2.16. The molecule has 1 aromatic rings. The van der Waals surface area contributed by atoms with Crippen molar-refractivity contribution in [1.29, 1.82) is 5.26 Å². The Morgan fingerprint density at radius 3 is 2.71 bits per heavy atom. The molecule has 0 atom stereocenters. The van der Waals surface area contributed by atoms with Crippen LogP contribution in [-0.4, -0.2) is 32.4 Å². The predicted molar refractivity (Wildman–Crippen MR) is 64.6 cm³/mol. The number of nitrogens with two attached hydrogens (primary N) is 1. The fourth-order valence-electron chi connectivity index (χ4n) is 1.47. The molecule has 17 heavy (non-hydrogen) atoms. The van der Waals surface area contributed by atoms with Crippen LogP contribution in [0.1, 0.15) is 12.5 Å². The van der Waals surface area contributed by atoms with E-state index in [0.717, 1.165) is 0 Å². The minimum absolute atomic E-state index is 0.131. The molecule has 0 saturated carbocycles. The second-order valence-corrected chi connectivity index (χ2v) is 5.36. The van der Waals surface area contributed by atoms with Gasteiger partial charge in [0.1, 0.15) is 0 Å². The lowest BCUT2D eigenvalue weighted by atomic mass is 10.2. The van der Waals surface area contributed by atoms with Crippen molar-refractivity contribution < 1.29 is 8.42 Å². The summed E-state index contributed by atoms with van der Waals surface area (Å²) in [6, 6.07) is 7.90. The van der Waals surface area contributed by atoms with E-state index in [2.05, 4.69) is 0 Å². The predicted octanol–water partition coefficient (Wildman–Crippen LogP) is 0.528. The molecular weight excluding hydrogens is 238 g/mol. The van der Waals surface area contributed by atoms with E-state index in [1.165, 1.54) is 16.4 Å². The molecule has 0 amide bonds. The number of nitrogens with zero attached hydrogens (tertiary/aromatic N) is 2. The molecule has 0 aliphatic heterocycles. The lowest BCUT2D eigenvalue weighted by molar-refractivity contribution is 0.435. The Bertz CT molecular complexity index is 520. The van der Waals surface area contributed by atoms with Gasteiger partial charge in [-0.25, -0.2) is 8.42 Å². The second-order valence-electron chi connectivity index (χ2n) is 3.43. The van der Waals surface area contributed by atoms with Crippen molar-refractivity contribution >= 4 is 10.0 Å². The van der Waals surface area contributed by atoms with Gasteiger partial charge in [0.05, 0.1) is 16.5 Å². The molecule has 6 heteroatoms. The summed E-state index contributed by atoms with van der Waals surface area (Å²) >= 11 is 0. The number of hydrogen-bond donors (Lipinski definition) is 1. The second kappa shape index (κ2) is 5.77. The quantitative estimate of drug-likeness (QED) is 0.829. The van der Waals surface area contributed by atoms with Crippen LogP contribution in [-0.2, 0) is 10.0 Å². The topological polar surface area (TPSA) is 87.2 Å². The van der Waals surface area contributed by atoms with Gasteiger partial charge in [-0.15, -0.1) is 0 Å². The van der Waals surface area contributed by atoms with Gasteiger partial charge in [-0.1, -0.05) is 13.0 Å². The monoisotopic (exact) mass is 253 g/mol. The molecule has 0 heterocycles. The third kappa shape index (κ3) is 3.03. The maximum Gasteiger partial charge on any atom is 0.243 e. The summed E-state index contributed by atoms with van der Waals surface area (Å²) in [4.78, 5) is 0.131. The molecule has 0 unspecified atom stereocenters. The Morgan fingerprint density at radius 1 is 1.47 bits per heavy atom. The first-order chi connectivity index (χ1) is 8.06. The molecule has 0 aliphatic carbocycles. The molecule has 2 N–H and O–H groups in total. The summed E-state index contributed by atoms with van der Waals surface area (Å²) in [5.74, 6) is 0. The van der Waals surface area contributed by atoms with Crippen LogP contribution >= 0.6 is 0 Å². The van der Waals surface area contributed by atoms with E-state index in [0.29, 0.717) is 12.1 Å². The van der Waals surface area contributed by atoms with Crippen LogP contribution < -0.4 is 5.73 Å². The van der Waals surface area contributed by atoms with Crippen LogP contribution in [0.3, 0.4) is 0 Å². The van der Waals surface area contributed by atoms with Gasteiger partial charge >= 0.3 is 0 Å². The van der Waals surface area contributed by atoms with Gasteiger partial charge in [0.2, 0.25) is 10.0 Å². The Balaban J connectivity index is 3.16. The highest BCUT2D eigenvalue weighted by Gasteiger charge is 2.22.